The van der Waals surface area contributed by atoms with Crippen LogP contribution in [0.15, 0.2) is 52.9 Å². The number of anilines is 1. The molecule has 1 aliphatic rings. The summed E-state index contributed by atoms with van der Waals surface area (Å²) in [5.74, 6) is -1.01. The van der Waals surface area contributed by atoms with E-state index in [1.165, 1.54) is 11.3 Å². The van der Waals surface area contributed by atoms with E-state index in [1.807, 2.05) is 13.0 Å². The number of halogens is 3. The quantitative estimate of drug-likeness (QED) is 0.472. The number of aryl methyl sites for hydroxylation is 1. The largest absolute Gasteiger partial charge is 0.417 e. The third-order valence-corrected chi connectivity index (χ3v) is 6.86. The highest BCUT2D eigenvalue weighted by Gasteiger charge is 2.42. The maximum atomic E-state index is 13.7. The van der Waals surface area contributed by atoms with E-state index in [4.69, 9.17) is 0 Å². The van der Waals surface area contributed by atoms with Gasteiger partial charge in [0.25, 0.3) is 0 Å². The molecule has 0 radical (unpaired) electrons. The monoisotopic (exact) mass is 473 g/mol. The zero-order valence-electron chi connectivity index (χ0n) is 16.5. The molecule has 0 saturated carbocycles. The van der Waals surface area contributed by atoms with E-state index in [9.17, 15) is 28.0 Å². The van der Waals surface area contributed by atoms with Crippen LogP contribution in [0.5, 0.6) is 0 Å². The second-order valence-electron chi connectivity index (χ2n) is 7.04. The summed E-state index contributed by atoms with van der Waals surface area (Å²) in [4.78, 5) is 31.3. The second-order valence-corrected chi connectivity index (χ2v) is 9.18. The van der Waals surface area contributed by atoms with Gasteiger partial charge in [0.2, 0.25) is 11.8 Å². The van der Waals surface area contributed by atoms with Gasteiger partial charge < -0.3 is 0 Å². The molecule has 2 aromatic heterocycles. The van der Waals surface area contributed by atoms with Gasteiger partial charge in [-0.1, -0.05) is 30.0 Å². The van der Waals surface area contributed by atoms with Gasteiger partial charge in [-0.15, -0.1) is 11.3 Å². The van der Waals surface area contributed by atoms with Crippen LogP contribution in [0.1, 0.15) is 23.1 Å². The SMILES string of the molecule is Cc1cccc(N2C(=O)C[C@H](Sc3nc(-c4cccs4)cc(C(F)(F)F)c3C#N)C2=O)c1. The summed E-state index contributed by atoms with van der Waals surface area (Å²) in [6.07, 6.45) is -4.98. The Labute approximate surface area is 189 Å². The van der Waals surface area contributed by atoms with Gasteiger partial charge in [-0.25, -0.2) is 9.88 Å². The van der Waals surface area contributed by atoms with Crippen molar-refractivity contribution in [3.63, 3.8) is 0 Å². The van der Waals surface area contributed by atoms with Crippen molar-refractivity contribution in [3.05, 3.63) is 64.5 Å². The lowest BCUT2D eigenvalue weighted by Crippen LogP contribution is -2.31. The number of thioether (sulfide) groups is 1. The minimum atomic E-state index is -4.78. The number of carbonyl (C=O) groups is 2. The number of carbonyl (C=O) groups excluding carboxylic acids is 2. The van der Waals surface area contributed by atoms with Gasteiger partial charge in [-0.05, 0) is 42.1 Å². The molecule has 3 aromatic rings. The van der Waals surface area contributed by atoms with Crippen LogP contribution in [0.25, 0.3) is 10.6 Å². The van der Waals surface area contributed by atoms with Crippen molar-refractivity contribution in [1.82, 2.24) is 4.98 Å². The Morgan fingerprint density at radius 3 is 2.62 bits per heavy atom. The molecule has 32 heavy (non-hydrogen) atoms. The summed E-state index contributed by atoms with van der Waals surface area (Å²) in [6.45, 7) is 1.82. The van der Waals surface area contributed by atoms with Crippen molar-refractivity contribution in [2.45, 2.75) is 29.8 Å². The molecule has 1 aromatic carbocycles. The third-order valence-electron chi connectivity index (χ3n) is 4.80. The number of amides is 2. The summed E-state index contributed by atoms with van der Waals surface area (Å²) in [5, 5.41) is 9.97. The molecule has 1 fully saturated rings. The molecule has 0 spiro atoms. The van der Waals surface area contributed by atoms with Gasteiger partial charge >= 0.3 is 6.18 Å². The topological polar surface area (TPSA) is 74.1 Å². The fourth-order valence-electron chi connectivity index (χ4n) is 3.36. The third kappa shape index (κ3) is 4.13. The molecule has 1 aliphatic heterocycles. The Bertz CT molecular complexity index is 1250. The number of alkyl halides is 3. The summed E-state index contributed by atoms with van der Waals surface area (Å²) < 4.78 is 41.1. The lowest BCUT2D eigenvalue weighted by molar-refractivity contribution is -0.138. The summed E-state index contributed by atoms with van der Waals surface area (Å²) in [6, 6.07) is 12.6. The number of hydrogen-bond acceptors (Lipinski definition) is 6. The van der Waals surface area contributed by atoms with Crippen LogP contribution >= 0.6 is 23.1 Å². The highest BCUT2D eigenvalue weighted by atomic mass is 32.2. The van der Waals surface area contributed by atoms with Gasteiger partial charge in [0.1, 0.15) is 11.1 Å². The fraction of sp³-hybridized carbons (Fsp3) is 0.182. The maximum absolute atomic E-state index is 13.7. The number of nitrogens with zero attached hydrogens (tertiary/aromatic N) is 3. The number of nitriles is 1. The Kier molecular flexibility index (Phi) is 5.79. The first kappa shape index (κ1) is 22.0. The Hall–Kier alpha value is -3.16. The summed E-state index contributed by atoms with van der Waals surface area (Å²) >= 11 is 1.93. The van der Waals surface area contributed by atoms with Crippen molar-refractivity contribution in [2.24, 2.45) is 0 Å². The van der Waals surface area contributed by atoms with E-state index in [0.717, 1.165) is 28.3 Å². The number of hydrogen-bond donors (Lipinski definition) is 0. The molecule has 10 heteroatoms. The second kappa shape index (κ2) is 8.41. The molecule has 0 unspecified atom stereocenters. The van der Waals surface area contributed by atoms with Crippen LogP contribution in [0.3, 0.4) is 0 Å². The van der Waals surface area contributed by atoms with Gasteiger partial charge in [0.15, 0.2) is 0 Å². The van der Waals surface area contributed by atoms with Crippen molar-refractivity contribution >= 4 is 40.6 Å². The van der Waals surface area contributed by atoms with Crippen LogP contribution in [0, 0.1) is 18.3 Å². The van der Waals surface area contributed by atoms with E-state index >= 15 is 0 Å². The zero-order chi connectivity index (χ0) is 23.0. The van der Waals surface area contributed by atoms with Crippen molar-refractivity contribution < 1.29 is 22.8 Å². The molecular weight excluding hydrogens is 459 g/mol. The fourth-order valence-corrected chi connectivity index (χ4v) is 5.17. The Morgan fingerprint density at radius 1 is 1.22 bits per heavy atom. The average molecular weight is 474 g/mol. The predicted octanol–water partition coefficient (Wildman–Crippen LogP) is 5.43. The van der Waals surface area contributed by atoms with E-state index in [0.29, 0.717) is 10.6 Å². The summed E-state index contributed by atoms with van der Waals surface area (Å²) in [7, 11) is 0. The van der Waals surface area contributed by atoms with Crippen LogP contribution < -0.4 is 4.90 Å². The van der Waals surface area contributed by atoms with Gasteiger partial charge in [-0.2, -0.15) is 18.4 Å². The molecule has 1 atom stereocenters. The average Bonchev–Trinajstić information content (AvgIpc) is 3.35. The molecule has 4 rings (SSSR count). The predicted molar refractivity (Wildman–Crippen MR) is 115 cm³/mol. The number of benzene rings is 1. The minimum absolute atomic E-state index is 0.0566. The van der Waals surface area contributed by atoms with Crippen molar-refractivity contribution in [2.75, 3.05) is 4.90 Å². The van der Waals surface area contributed by atoms with Crippen molar-refractivity contribution in [1.29, 1.82) is 5.26 Å². The number of rotatable bonds is 4. The molecular formula is C22H14F3N3O2S2. The highest BCUT2D eigenvalue weighted by Crippen LogP contribution is 2.41. The van der Waals surface area contributed by atoms with E-state index in [2.05, 4.69) is 4.98 Å². The molecule has 2 amide bonds. The summed E-state index contributed by atoms with van der Waals surface area (Å²) in [5.41, 5.74) is -0.461. The molecule has 0 N–H and O–H groups in total. The standard InChI is InChI=1S/C22H14F3N3O2S2/c1-12-4-2-5-13(8-12)28-19(29)10-18(21(28)30)32-20-14(11-26)15(22(23,24)25)9-16(27-20)17-6-3-7-31-17/h2-9,18H,10H2,1H3/t18-/m0/s1. The number of imide groups is 1. The van der Waals surface area contributed by atoms with E-state index in [-0.39, 0.29) is 17.1 Å². The van der Waals surface area contributed by atoms with Crippen LogP contribution in [-0.2, 0) is 15.8 Å². The first-order valence-corrected chi connectivity index (χ1v) is 11.1. The van der Waals surface area contributed by atoms with Crippen LogP contribution in [0.2, 0.25) is 0 Å². The first-order valence-electron chi connectivity index (χ1n) is 9.35. The Balaban J connectivity index is 1.74. The van der Waals surface area contributed by atoms with E-state index in [1.54, 1.807) is 41.8 Å². The molecule has 3 heterocycles. The van der Waals surface area contributed by atoms with E-state index < -0.39 is 34.4 Å². The molecule has 5 nitrogen and oxygen atoms in total. The minimum Gasteiger partial charge on any atom is -0.274 e. The lowest BCUT2D eigenvalue weighted by atomic mass is 10.1. The van der Waals surface area contributed by atoms with Crippen LogP contribution in [-0.4, -0.2) is 22.0 Å². The number of pyridine rings is 1. The maximum Gasteiger partial charge on any atom is 0.417 e. The van der Waals surface area contributed by atoms with Gasteiger partial charge in [0, 0.05) is 6.42 Å². The lowest BCUT2D eigenvalue weighted by Gasteiger charge is -2.17. The number of aromatic nitrogens is 1. The van der Waals surface area contributed by atoms with Crippen LogP contribution in [0.4, 0.5) is 18.9 Å². The normalized spacial score (nSPS) is 16.5. The molecule has 1 saturated heterocycles. The van der Waals surface area contributed by atoms with Crippen molar-refractivity contribution in [3.8, 4) is 16.6 Å². The first-order chi connectivity index (χ1) is 15.2. The Morgan fingerprint density at radius 2 is 2.00 bits per heavy atom. The smallest absolute Gasteiger partial charge is 0.274 e. The zero-order valence-corrected chi connectivity index (χ0v) is 18.1. The number of thiophene rings is 1. The molecule has 0 bridgehead atoms. The van der Waals surface area contributed by atoms with Gasteiger partial charge in [0.05, 0.1) is 32.6 Å². The molecule has 162 valence electrons. The highest BCUT2D eigenvalue weighted by molar-refractivity contribution is 8.00. The molecule has 0 aliphatic carbocycles. The van der Waals surface area contributed by atoms with Gasteiger partial charge in [-0.3, -0.25) is 9.59 Å².